The molecule has 1 aliphatic rings. The highest BCUT2D eigenvalue weighted by molar-refractivity contribution is 5.77. The smallest absolute Gasteiger partial charge is 0.387 e. The van der Waals surface area contributed by atoms with Crippen LogP contribution in [0.2, 0.25) is 0 Å². The van der Waals surface area contributed by atoms with E-state index in [1.807, 2.05) is 0 Å². The molecule has 0 saturated heterocycles. The summed E-state index contributed by atoms with van der Waals surface area (Å²) in [5, 5.41) is 0. The van der Waals surface area contributed by atoms with Crippen LogP contribution in [-0.2, 0) is 11.8 Å². The molecule has 0 saturated carbocycles. The number of aryl methyl sites for hydroxylation is 1. The van der Waals surface area contributed by atoms with Gasteiger partial charge in [-0.2, -0.15) is 8.78 Å². The van der Waals surface area contributed by atoms with Crippen LogP contribution in [0.1, 0.15) is 29.2 Å². The molecule has 24 heavy (non-hydrogen) atoms. The molecule has 0 N–H and O–H groups in total. The Morgan fingerprint density at radius 2 is 2.04 bits per heavy atom. The Balaban J connectivity index is 2.12. The Labute approximate surface area is 136 Å². The topological polar surface area (TPSA) is 57.5 Å². The first-order valence-corrected chi connectivity index (χ1v) is 7.33. The van der Waals surface area contributed by atoms with E-state index in [4.69, 9.17) is 4.74 Å². The zero-order chi connectivity index (χ0) is 17.4. The van der Waals surface area contributed by atoms with E-state index in [-0.39, 0.29) is 23.5 Å². The van der Waals surface area contributed by atoms with Gasteiger partial charge in [-0.15, -0.1) is 0 Å². The molecule has 1 aromatic heterocycles. The third-order valence-electron chi connectivity index (χ3n) is 4.10. The number of fused-ring (bicyclic) bond motifs is 1. The Bertz CT molecular complexity index is 860. The third kappa shape index (κ3) is 2.89. The van der Waals surface area contributed by atoms with Crippen LogP contribution in [0.5, 0.6) is 11.5 Å². The largest absolute Gasteiger partial charge is 0.435 e. The Kier molecular flexibility index (Phi) is 4.09. The molecule has 0 spiro atoms. The van der Waals surface area contributed by atoms with Crippen molar-refractivity contribution in [3.05, 3.63) is 57.5 Å². The van der Waals surface area contributed by atoms with E-state index in [1.165, 1.54) is 16.7 Å². The van der Waals surface area contributed by atoms with Crippen LogP contribution in [0.15, 0.2) is 35.1 Å². The minimum absolute atomic E-state index is 0.0214. The molecule has 126 valence electrons. The van der Waals surface area contributed by atoms with Crippen LogP contribution in [0.25, 0.3) is 0 Å². The Hall–Kier alpha value is -2.70. The molecule has 1 atom stereocenters. The molecular formula is C17H15F2NO4. The van der Waals surface area contributed by atoms with Crippen molar-refractivity contribution in [2.75, 3.05) is 0 Å². The standard InChI is InChI=1S/C17H15F2NO4/c1-9-6-13-15(16(22)20(9)2)12(8-14(21)24-13)10-4-3-5-11(7-10)23-17(18)19/h3-7,12,17H,8H2,1-2H3. The number of rotatable bonds is 3. The van der Waals surface area contributed by atoms with Crippen molar-refractivity contribution in [2.24, 2.45) is 7.05 Å². The second-order valence-corrected chi connectivity index (χ2v) is 5.61. The number of carbonyl (C=O) groups is 1. The fourth-order valence-corrected chi connectivity index (χ4v) is 2.84. The molecule has 2 aromatic rings. The number of aromatic nitrogens is 1. The second kappa shape index (κ2) is 6.07. The maximum absolute atomic E-state index is 12.6. The highest BCUT2D eigenvalue weighted by Gasteiger charge is 2.32. The van der Waals surface area contributed by atoms with Crippen LogP contribution in [0.3, 0.4) is 0 Å². The zero-order valence-electron chi connectivity index (χ0n) is 13.1. The molecule has 0 fully saturated rings. The van der Waals surface area contributed by atoms with Gasteiger partial charge in [0, 0.05) is 24.7 Å². The number of carbonyl (C=O) groups excluding carboxylic acids is 1. The number of pyridine rings is 1. The Morgan fingerprint density at radius 3 is 2.75 bits per heavy atom. The number of alkyl halides is 2. The summed E-state index contributed by atoms with van der Waals surface area (Å²) in [6, 6.07) is 7.65. The molecule has 7 heteroatoms. The van der Waals surface area contributed by atoms with Crippen molar-refractivity contribution in [1.29, 1.82) is 0 Å². The fourth-order valence-electron chi connectivity index (χ4n) is 2.84. The van der Waals surface area contributed by atoms with E-state index in [9.17, 15) is 18.4 Å². The first-order chi connectivity index (χ1) is 11.4. The lowest BCUT2D eigenvalue weighted by Crippen LogP contribution is -2.31. The highest BCUT2D eigenvalue weighted by Crippen LogP contribution is 2.37. The van der Waals surface area contributed by atoms with Gasteiger partial charge in [-0.05, 0) is 24.6 Å². The van der Waals surface area contributed by atoms with E-state index in [2.05, 4.69) is 4.74 Å². The van der Waals surface area contributed by atoms with Gasteiger partial charge in [-0.3, -0.25) is 9.59 Å². The second-order valence-electron chi connectivity index (χ2n) is 5.61. The summed E-state index contributed by atoms with van der Waals surface area (Å²) in [4.78, 5) is 24.5. The quantitative estimate of drug-likeness (QED) is 0.810. The normalized spacial score (nSPS) is 16.7. The summed E-state index contributed by atoms with van der Waals surface area (Å²) in [5.41, 5.74) is 1.27. The van der Waals surface area contributed by atoms with Crippen LogP contribution < -0.4 is 15.0 Å². The Morgan fingerprint density at radius 1 is 1.29 bits per heavy atom. The average Bonchev–Trinajstić information content (AvgIpc) is 2.51. The number of benzene rings is 1. The summed E-state index contributed by atoms with van der Waals surface area (Å²) in [6.07, 6.45) is -0.0383. The molecule has 3 rings (SSSR count). The first-order valence-electron chi connectivity index (χ1n) is 7.33. The fraction of sp³-hybridized carbons (Fsp3) is 0.294. The predicted octanol–water partition coefficient (Wildman–Crippen LogP) is 2.74. The molecule has 5 nitrogen and oxygen atoms in total. The van der Waals surface area contributed by atoms with Gasteiger partial charge in [0.25, 0.3) is 5.56 Å². The maximum atomic E-state index is 12.6. The molecule has 0 radical (unpaired) electrons. The molecule has 2 heterocycles. The van der Waals surface area contributed by atoms with E-state index in [1.54, 1.807) is 32.2 Å². The van der Waals surface area contributed by atoms with Gasteiger partial charge in [-0.25, -0.2) is 0 Å². The van der Waals surface area contributed by atoms with Crippen LogP contribution in [0, 0.1) is 6.92 Å². The molecule has 1 unspecified atom stereocenters. The maximum Gasteiger partial charge on any atom is 0.387 e. The third-order valence-corrected chi connectivity index (χ3v) is 4.10. The van der Waals surface area contributed by atoms with Gasteiger partial charge in [-0.1, -0.05) is 12.1 Å². The summed E-state index contributed by atoms with van der Waals surface area (Å²) in [7, 11) is 1.63. The minimum Gasteiger partial charge on any atom is -0.435 e. The monoisotopic (exact) mass is 335 g/mol. The van der Waals surface area contributed by atoms with Crippen molar-refractivity contribution in [1.82, 2.24) is 4.57 Å². The van der Waals surface area contributed by atoms with Crippen molar-refractivity contribution < 1.29 is 23.0 Å². The average molecular weight is 335 g/mol. The number of halogens is 2. The number of ether oxygens (including phenoxy) is 2. The van der Waals surface area contributed by atoms with E-state index in [0.717, 1.165) is 0 Å². The van der Waals surface area contributed by atoms with Crippen molar-refractivity contribution in [3.63, 3.8) is 0 Å². The number of hydrogen-bond donors (Lipinski definition) is 0. The lowest BCUT2D eigenvalue weighted by Gasteiger charge is -2.25. The number of hydrogen-bond acceptors (Lipinski definition) is 4. The molecule has 0 amide bonds. The highest BCUT2D eigenvalue weighted by atomic mass is 19.3. The van der Waals surface area contributed by atoms with Gasteiger partial charge in [0.2, 0.25) is 0 Å². The predicted molar refractivity (Wildman–Crippen MR) is 81.6 cm³/mol. The van der Waals surface area contributed by atoms with E-state index < -0.39 is 18.5 Å². The molecule has 0 aliphatic carbocycles. The molecule has 1 aromatic carbocycles. The van der Waals surface area contributed by atoms with Gasteiger partial charge < -0.3 is 14.0 Å². The van der Waals surface area contributed by atoms with E-state index in [0.29, 0.717) is 16.8 Å². The minimum atomic E-state index is -2.95. The molecule has 1 aliphatic heterocycles. The summed E-state index contributed by atoms with van der Waals surface area (Å²) in [5.74, 6) is -0.842. The summed E-state index contributed by atoms with van der Waals surface area (Å²) < 4.78 is 35.9. The summed E-state index contributed by atoms with van der Waals surface area (Å²) in [6.45, 7) is -1.21. The number of nitrogens with zero attached hydrogens (tertiary/aromatic N) is 1. The van der Waals surface area contributed by atoms with Gasteiger partial charge in [0.05, 0.1) is 12.0 Å². The lowest BCUT2D eigenvalue weighted by atomic mass is 9.87. The van der Waals surface area contributed by atoms with Crippen molar-refractivity contribution >= 4 is 5.97 Å². The molecular weight excluding hydrogens is 320 g/mol. The van der Waals surface area contributed by atoms with Gasteiger partial charge in [0.15, 0.2) is 0 Å². The van der Waals surface area contributed by atoms with Gasteiger partial charge in [0.1, 0.15) is 11.5 Å². The number of esters is 1. The SMILES string of the molecule is Cc1cc2c(c(=O)n1C)C(c1cccc(OC(F)F)c1)CC(=O)O2. The van der Waals surface area contributed by atoms with Crippen molar-refractivity contribution in [3.8, 4) is 11.5 Å². The van der Waals surface area contributed by atoms with Crippen LogP contribution in [0.4, 0.5) is 8.78 Å². The lowest BCUT2D eigenvalue weighted by molar-refractivity contribution is -0.135. The van der Waals surface area contributed by atoms with Crippen LogP contribution >= 0.6 is 0 Å². The van der Waals surface area contributed by atoms with Crippen molar-refractivity contribution in [2.45, 2.75) is 25.9 Å². The zero-order valence-corrected chi connectivity index (χ0v) is 13.1. The van der Waals surface area contributed by atoms with E-state index >= 15 is 0 Å². The van der Waals surface area contributed by atoms with Gasteiger partial charge >= 0.3 is 12.6 Å². The first kappa shape index (κ1) is 16.2. The summed E-state index contributed by atoms with van der Waals surface area (Å²) >= 11 is 0. The van der Waals surface area contributed by atoms with Crippen LogP contribution in [-0.4, -0.2) is 17.1 Å². The molecule has 0 bridgehead atoms.